The molecule has 1 aliphatic carbocycles. The Bertz CT molecular complexity index is 422. The van der Waals surface area contributed by atoms with Gasteiger partial charge in [0.2, 0.25) is 0 Å². The Morgan fingerprint density at radius 2 is 1.65 bits per heavy atom. The second kappa shape index (κ2) is 6.30. The largest absolute Gasteiger partial charge is 0.313 e. The van der Waals surface area contributed by atoms with Crippen LogP contribution in [-0.4, -0.2) is 7.05 Å². The fraction of sp³-hybridized carbons (Fsp3) is 0.684. The van der Waals surface area contributed by atoms with E-state index in [9.17, 15) is 0 Å². The molecule has 1 heteroatoms. The van der Waals surface area contributed by atoms with Crippen LogP contribution < -0.4 is 5.32 Å². The summed E-state index contributed by atoms with van der Waals surface area (Å²) in [4.78, 5) is 0. The first-order chi connectivity index (χ1) is 9.43. The minimum atomic E-state index is 0.216. The maximum absolute atomic E-state index is 3.62. The van der Waals surface area contributed by atoms with Gasteiger partial charge in [0.1, 0.15) is 0 Å². The molecule has 20 heavy (non-hydrogen) atoms. The van der Waals surface area contributed by atoms with Crippen LogP contribution in [0.5, 0.6) is 0 Å². The summed E-state index contributed by atoms with van der Waals surface area (Å²) in [5.41, 5.74) is 3.23. The fourth-order valence-electron chi connectivity index (χ4n) is 3.72. The summed E-state index contributed by atoms with van der Waals surface area (Å²) in [7, 11) is 2.13. The fourth-order valence-corrected chi connectivity index (χ4v) is 3.72. The third kappa shape index (κ3) is 3.44. The first-order valence-corrected chi connectivity index (χ1v) is 8.20. The number of hydrogen-bond donors (Lipinski definition) is 1. The van der Waals surface area contributed by atoms with Crippen molar-refractivity contribution in [2.45, 2.75) is 64.8 Å². The molecule has 1 saturated carbocycles. The van der Waals surface area contributed by atoms with Gasteiger partial charge in [-0.05, 0) is 48.3 Å². The molecule has 0 amide bonds. The van der Waals surface area contributed by atoms with Crippen LogP contribution in [0, 0.1) is 11.8 Å². The topological polar surface area (TPSA) is 12.0 Å². The summed E-state index contributed by atoms with van der Waals surface area (Å²) < 4.78 is 0. The SMILES string of the molecule is CNC(c1ccccc1C(C)(C)C)C1CCC(C)CC1. The molecular weight excluding hydrogens is 242 g/mol. The molecule has 0 bridgehead atoms. The highest BCUT2D eigenvalue weighted by atomic mass is 14.9. The van der Waals surface area contributed by atoms with Crippen molar-refractivity contribution < 1.29 is 0 Å². The highest BCUT2D eigenvalue weighted by Crippen LogP contribution is 2.39. The molecule has 112 valence electrons. The molecule has 1 aromatic carbocycles. The highest BCUT2D eigenvalue weighted by molar-refractivity contribution is 5.35. The molecule has 0 aromatic heterocycles. The van der Waals surface area contributed by atoms with E-state index in [0.29, 0.717) is 6.04 Å². The van der Waals surface area contributed by atoms with Crippen LogP contribution in [0.25, 0.3) is 0 Å². The Morgan fingerprint density at radius 1 is 1.05 bits per heavy atom. The van der Waals surface area contributed by atoms with E-state index in [1.807, 2.05) is 0 Å². The molecule has 1 N–H and O–H groups in total. The van der Waals surface area contributed by atoms with Gasteiger partial charge in [0.05, 0.1) is 0 Å². The van der Waals surface area contributed by atoms with Crippen molar-refractivity contribution in [1.82, 2.24) is 5.32 Å². The van der Waals surface area contributed by atoms with Crippen molar-refractivity contribution in [3.8, 4) is 0 Å². The van der Waals surface area contributed by atoms with Gasteiger partial charge < -0.3 is 5.32 Å². The molecule has 0 spiro atoms. The molecule has 1 fully saturated rings. The van der Waals surface area contributed by atoms with E-state index in [1.54, 1.807) is 0 Å². The summed E-state index contributed by atoms with van der Waals surface area (Å²) in [6.07, 6.45) is 5.51. The van der Waals surface area contributed by atoms with Crippen LogP contribution in [0.3, 0.4) is 0 Å². The van der Waals surface area contributed by atoms with Gasteiger partial charge in [-0.25, -0.2) is 0 Å². The van der Waals surface area contributed by atoms with E-state index >= 15 is 0 Å². The average molecular weight is 273 g/mol. The molecule has 0 saturated heterocycles. The Balaban J connectivity index is 2.28. The molecule has 0 aliphatic heterocycles. The smallest absolute Gasteiger partial charge is 0.0349 e. The molecule has 2 rings (SSSR count). The normalized spacial score (nSPS) is 25.4. The van der Waals surface area contributed by atoms with Crippen LogP contribution in [0.1, 0.15) is 70.5 Å². The minimum absolute atomic E-state index is 0.216. The van der Waals surface area contributed by atoms with E-state index < -0.39 is 0 Å². The Kier molecular flexibility index (Phi) is 4.90. The van der Waals surface area contributed by atoms with Gasteiger partial charge in [0.25, 0.3) is 0 Å². The van der Waals surface area contributed by atoms with Crippen LogP contribution in [0.15, 0.2) is 24.3 Å². The molecular formula is C19H31N. The van der Waals surface area contributed by atoms with E-state index in [4.69, 9.17) is 0 Å². The van der Waals surface area contributed by atoms with Crippen LogP contribution >= 0.6 is 0 Å². The van der Waals surface area contributed by atoms with Crippen molar-refractivity contribution in [2.75, 3.05) is 7.05 Å². The van der Waals surface area contributed by atoms with Crippen molar-refractivity contribution >= 4 is 0 Å². The summed E-state index contributed by atoms with van der Waals surface area (Å²) in [6, 6.07) is 9.53. The number of rotatable bonds is 3. The van der Waals surface area contributed by atoms with Crippen LogP contribution in [0.4, 0.5) is 0 Å². The first kappa shape index (κ1) is 15.6. The molecule has 1 aromatic rings. The number of nitrogens with one attached hydrogen (secondary N) is 1. The quantitative estimate of drug-likeness (QED) is 0.810. The zero-order valence-electron chi connectivity index (χ0n) is 13.9. The minimum Gasteiger partial charge on any atom is -0.313 e. The lowest BCUT2D eigenvalue weighted by Crippen LogP contribution is -2.30. The van der Waals surface area contributed by atoms with Gasteiger partial charge in [-0.1, -0.05) is 64.8 Å². The Labute approximate surface area is 125 Å². The number of benzene rings is 1. The lowest BCUT2D eigenvalue weighted by molar-refractivity contribution is 0.236. The maximum atomic E-state index is 3.62. The summed E-state index contributed by atoms with van der Waals surface area (Å²) in [6.45, 7) is 9.36. The van der Waals surface area contributed by atoms with Gasteiger partial charge >= 0.3 is 0 Å². The van der Waals surface area contributed by atoms with Crippen LogP contribution in [-0.2, 0) is 5.41 Å². The Hall–Kier alpha value is -0.820. The predicted octanol–water partition coefficient (Wildman–Crippen LogP) is 5.07. The van der Waals surface area contributed by atoms with Crippen molar-refractivity contribution in [2.24, 2.45) is 11.8 Å². The standard InChI is InChI=1S/C19H31N/c1-14-10-12-15(13-11-14)18(20-5)16-8-6-7-9-17(16)19(2,3)4/h6-9,14-15,18,20H,10-13H2,1-5H3. The van der Waals surface area contributed by atoms with E-state index in [-0.39, 0.29) is 5.41 Å². The van der Waals surface area contributed by atoms with Crippen molar-refractivity contribution in [1.29, 1.82) is 0 Å². The first-order valence-electron chi connectivity index (χ1n) is 8.20. The third-order valence-electron chi connectivity index (χ3n) is 4.95. The third-order valence-corrected chi connectivity index (χ3v) is 4.95. The summed E-state index contributed by atoms with van der Waals surface area (Å²) in [5.74, 6) is 1.71. The zero-order valence-corrected chi connectivity index (χ0v) is 13.9. The lowest BCUT2D eigenvalue weighted by atomic mass is 9.74. The monoisotopic (exact) mass is 273 g/mol. The Morgan fingerprint density at radius 3 is 2.20 bits per heavy atom. The molecule has 1 aliphatic rings. The van der Waals surface area contributed by atoms with Gasteiger partial charge in [-0.3, -0.25) is 0 Å². The van der Waals surface area contributed by atoms with Gasteiger partial charge in [-0.2, -0.15) is 0 Å². The maximum Gasteiger partial charge on any atom is 0.0349 e. The van der Waals surface area contributed by atoms with E-state index in [1.165, 1.54) is 36.8 Å². The van der Waals surface area contributed by atoms with Crippen molar-refractivity contribution in [3.63, 3.8) is 0 Å². The highest BCUT2D eigenvalue weighted by Gasteiger charge is 2.29. The average Bonchev–Trinajstić information content (AvgIpc) is 2.41. The molecule has 1 unspecified atom stereocenters. The summed E-state index contributed by atoms with van der Waals surface area (Å²) >= 11 is 0. The summed E-state index contributed by atoms with van der Waals surface area (Å²) in [5, 5.41) is 3.62. The van der Waals surface area contributed by atoms with Gasteiger partial charge in [0.15, 0.2) is 0 Å². The second-order valence-corrected chi connectivity index (χ2v) is 7.62. The predicted molar refractivity (Wildman–Crippen MR) is 88.1 cm³/mol. The van der Waals surface area contributed by atoms with E-state index in [2.05, 4.69) is 64.3 Å². The molecule has 0 heterocycles. The second-order valence-electron chi connectivity index (χ2n) is 7.62. The number of hydrogen-bond acceptors (Lipinski definition) is 1. The van der Waals surface area contributed by atoms with Crippen LogP contribution in [0.2, 0.25) is 0 Å². The zero-order chi connectivity index (χ0) is 14.8. The molecule has 1 atom stereocenters. The van der Waals surface area contributed by atoms with Gasteiger partial charge in [0, 0.05) is 6.04 Å². The van der Waals surface area contributed by atoms with Gasteiger partial charge in [-0.15, -0.1) is 0 Å². The van der Waals surface area contributed by atoms with E-state index in [0.717, 1.165) is 11.8 Å². The lowest BCUT2D eigenvalue weighted by Gasteiger charge is -2.35. The molecule has 1 nitrogen and oxygen atoms in total. The molecule has 0 radical (unpaired) electrons. The van der Waals surface area contributed by atoms with Crippen molar-refractivity contribution in [3.05, 3.63) is 35.4 Å².